The Balaban J connectivity index is 0.000000323. The van der Waals surface area contributed by atoms with Crippen LogP contribution in [0.15, 0.2) is 98.9 Å². The Morgan fingerprint density at radius 2 is 1.00 bits per heavy atom. The molecule has 0 amide bonds. The predicted molar refractivity (Wildman–Crippen MR) is 182 cm³/mol. The van der Waals surface area contributed by atoms with E-state index in [9.17, 15) is 9.59 Å². The van der Waals surface area contributed by atoms with E-state index < -0.39 is 0 Å². The molecule has 0 atom stereocenters. The van der Waals surface area contributed by atoms with Crippen LogP contribution >= 0.6 is 46.4 Å². The first kappa shape index (κ1) is 34.5. The van der Waals surface area contributed by atoms with Crippen molar-refractivity contribution >= 4 is 69.3 Å². The maximum atomic E-state index is 10.8. The number of hydrogen-bond acceptors (Lipinski definition) is 5. The number of hydrogen-bond donors (Lipinski definition) is 0. The van der Waals surface area contributed by atoms with Crippen LogP contribution in [-0.2, 0) is 14.6 Å². The van der Waals surface area contributed by atoms with Crippen LogP contribution in [0.3, 0.4) is 0 Å². The summed E-state index contributed by atoms with van der Waals surface area (Å²) in [5.41, 5.74) is 8.00. The Labute approximate surface area is 288 Å². The number of Topliss-reactive ketones (excluding diaryl/α,β-unsaturated/α-hetero) is 2. The SMILES string of the molecule is CC(=O)c1cccc(C(C)=O)n1.Cc1cc(Cl)cc(Cl)c1-c1ccccc1[N]=[Fe]=[N]c1ccccc1-c1c(C)cc(Cl)cc1Cl. The average molecular weight is 719 g/mol. The molecular formula is C35H27Cl4FeN3O2. The molecule has 0 aliphatic heterocycles. The molecule has 1 heterocycles. The van der Waals surface area contributed by atoms with Gasteiger partial charge in [0.25, 0.3) is 0 Å². The van der Waals surface area contributed by atoms with Crippen molar-refractivity contribution < 1.29 is 24.2 Å². The second kappa shape index (κ2) is 15.8. The predicted octanol–water partition coefficient (Wildman–Crippen LogP) is 12.2. The zero-order chi connectivity index (χ0) is 32.7. The molecule has 5 nitrogen and oxygen atoms in total. The fourth-order valence-electron chi connectivity index (χ4n) is 4.52. The molecule has 0 N–H and O–H groups in total. The Morgan fingerprint density at radius 3 is 1.38 bits per heavy atom. The molecule has 0 saturated heterocycles. The zero-order valence-electron chi connectivity index (χ0n) is 24.7. The van der Waals surface area contributed by atoms with E-state index in [0.29, 0.717) is 31.5 Å². The fourth-order valence-corrected chi connectivity index (χ4v) is 6.63. The first-order valence-corrected chi connectivity index (χ1v) is 16.1. The molecule has 5 aromatic rings. The topological polar surface area (TPSA) is 71.8 Å². The summed E-state index contributed by atoms with van der Waals surface area (Å²) < 4.78 is 9.53. The normalized spacial score (nSPS) is 10.5. The molecule has 0 fully saturated rings. The standard InChI is InChI=1S/2C13H9Cl2N.C9H9NO2.Fe/c2*1-8-6-9(14)7-11(15)13(8)10-4-2-3-5-12(10)16;1-6(11)8-4-3-5-9(10-8)7(2)12;/h2*2-7H,1H3;3-5H,1-2H3;. The molecule has 0 aliphatic rings. The number of ketones is 2. The zero-order valence-corrected chi connectivity index (χ0v) is 28.8. The van der Waals surface area contributed by atoms with Crippen LogP contribution in [-0.4, -0.2) is 16.6 Å². The molecule has 0 saturated carbocycles. The summed E-state index contributed by atoms with van der Waals surface area (Å²) in [6.45, 7) is 6.82. The Kier molecular flexibility index (Phi) is 12.1. The third kappa shape index (κ3) is 8.89. The number of aryl methyl sites for hydroxylation is 2. The summed E-state index contributed by atoms with van der Waals surface area (Å²) in [4.78, 5) is 25.6. The van der Waals surface area contributed by atoms with Gasteiger partial charge in [0.15, 0.2) is 11.6 Å². The van der Waals surface area contributed by atoms with Gasteiger partial charge in [-0.3, -0.25) is 9.59 Å². The van der Waals surface area contributed by atoms with Gasteiger partial charge >= 0.3 is 220 Å². The molecule has 4 aromatic carbocycles. The van der Waals surface area contributed by atoms with Crippen molar-refractivity contribution in [1.82, 2.24) is 4.98 Å². The van der Waals surface area contributed by atoms with Crippen molar-refractivity contribution in [3.63, 3.8) is 0 Å². The summed E-state index contributed by atoms with van der Waals surface area (Å²) in [5, 5.41) is 2.41. The maximum absolute atomic E-state index is 10.8. The number of aromatic nitrogens is 1. The molecule has 1 aromatic heterocycles. The number of carbonyl (C=O) groups is 2. The third-order valence-corrected chi connectivity index (χ3v) is 8.35. The third-order valence-electron chi connectivity index (χ3n) is 6.56. The van der Waals surface area contributed by atoms with Crippen LogP contribution in [0.1, 0.15) is 46.0 Å². The van der Waals surface area contributed by atoms with Crippen LogP contribution in [0.4, 0.5) is 11.4 Å². The van der Waals surface area contributed by atoms with E-state index in [2.05, 4.69) is 4.98 Å². The van der Waals surface area contributed by atoms with E-state index in [1.165, 1.54) is 13.8 Å². The molecule has 0 spiro atoms. The summed E-state index contributed by atoms with van der Waals surface area (Å²) in [6.07, 6.45) is 0. The first-order chi connectivity index (χ1) is 21.5. The Hall–Kier alpha value is -3.35. The summed E-state index contributed by atoms with van der Waals surface area (Å²) in [6, 6.07) is 27.9. The van der Waals surface area contributed by atoms with E-state index in [-0.39, 0.29) is 26.1 Å². The van der Waals surface area contributed by atoms with Gasteiger partial charge in [0.1, 0.15) is 11.4 Å². The van der Waals surface area contributed by atoms with Crippen molar-refractivity contribution in [1.29, 1.82) is 0 Å². The molecule has 0 radical (unpaired) electrons. The summed E-state index contributed by atoms with van der Waals surface area (Å²) in [5.74, 6) is -0.254. The molecule has 45 heavy (non-hydrogen) atoms. The van der Waals surface area contributed by atoms with Crippen molar-refractivity contribution in [2.45, 2.75) is 27.7 Å². The van der Waals surface area contributed by atoms with Crippen LogP contribution < -0.4 is 0 Å². The van der Waals surface area contributed by atoms with Crippen LogP contribution in [0.5, 0.6) is 0 Å². The molecule has 0 unspecified atom stereocenters. The van der Waals surface area contributed by atoms with E-state index >= 15 is 0 Å². The van der Waals surface area contributed by atoms with Gasteiger partial charge in [-0.25, -0.2) is 4.98 Å². The van der Waals surface area contributed by atoms with Crippen LogP contribution in [0, 0.1) is 13.8 Å². The van der Waals surface area contributed by atoms with Crippen LogP contribution in [0.25, 0.3) is 22.3 Å². The fraction of sp³-hybridized carbons (Fsp3) is 0.114. The number of carbonyl (C=O) groups excluding carboxylic acids is 2. The molecule has 5 rings (SSSR count). The summed E-state index contributed by atoms with van der Waals surface area (Å²) >= 11 is 25.6. The van der Waals surface area contributed by atoms with Gasteiger partial charge in [-0.15, -0.1) is 0 Å². The Bertz CT molecular complexity index is 1810. The molecule has 0 bridgehead atoms. The molecule has 10 heteroatoms. The van der Waals surface area contributed by atoms with E-state index in [1.807, 2.05) is 74.5 Å². The minimum atomic E-state index is -0.127. The average Bonchev–Trinajstić information content (AvgIpc) is 2.98. The van der Waals surface area contributed by atoms with Gasteiger partial charge in [-0.1, -0.05) is 6.07 Å². The van der Waals surface area contributed by atoms with Gasteiger partial charge in [0, 0.05) is 13.8 Å². The van der Waals surface area contributed by atoms with Gasteiger partial charge < -0.3 is 0 Å². The number of benzene rings is 4. The van der Waals surface area contributed by atoms with Crippen molar-refractivity contribution in [2.75, 3.05) is 0 Å². The monoisotopic (exact) mass is 717 g/mol. The molecular weight excluding hydrogens is 692 g/mol. The van der Waals surface area contributed by atoms with Crippen molar-refractivity contribution in [3.8, 4) is 22.3 Å². The van der Waals surface area contributed by atoms with Crippen molar-refractivity contribution in [2.24, 2.45) is 7.92 Å². The van der Waals surface area contributed by atoms with Gasteiger partial charge in [0.2, 0.25) is 0 Å². The first-order valence-electron chi connectivity index (χ1n) is 13.6. The second-order valence-electron chi connectivity index (χ2n) is 9.94. The van der Waals surface area contributed by atoms with Gasteiger partial charge in [0.05, 0.1) is 0 Å². The quantitative estimate of drug-likeness (QED) is 0.130. The van der Waals surface area contributed by atoms with E-state index in [0.717, 1.165) is 44.8 Å². The summed E-state index contributed by atoms with van der Waals surface area (Å²) in [7, 11) is 0. The van der Waals surface area contributed by atoms with E-state index in [4.69, 9.17) is 54.3 Å². The molecule has 0 aliphatic carbocycles. The number of halogens is 4. The van der Waals surface area contributed by atoms with Gasteiger partial charge in [-0.2, -0.15) is 0 Å². The van der Waals surface area contributed by atoms with Crippen LogP contribution in [0.2, 0.25) is 20.1 Å². The Morgan fingerprint density at radius 1 is 0.600 bits per heavy atom. The molecule has 230 valence electrons. The second-order valence-corrected chi connectivity index (χ2v) is 12.3. The minimum absolute atomic E-state index is 0.127. The van der Waals surface area contributed by atoms with E-state index in [1.54, 1.807) is 30.3 Å². The number of pyridine rings is 1. The number of rotatable bonds is 6. The van der Waals surface area contributed by atoms with Gasteiger partial charge in [-0.05, 0) is 12.1 Å². The van der Waals surface area contributed by atoms with Crippen molar-refractivity contribution in [3.05, 3.63) is 134 Å². The number of nitrogens with zero attached hydrogens (tertiary/aromatic N) is 3.